The van der Waals surface area contributed by atoms with E-state index in [1.165, 1.54) is 0 Å². The van der Waals surface area contributed by atoms with Crippen LogP contribution in [0.1, 0.15) is 13.8 Å². The average Bonchev–Trinajstić information content (AvgIpc) is 2.86. The van der Waals surface area contributed by atoms with E-state index in [1.807, 2.05) is 0 Å². The summed E-state index contributed by atoms with van der Waals surface area (Å²) < 4.78 is 58.9. The third-order valence-corrected chi connectivity index (χ3v) is 7.95. The molecule has 0 aromatic carbocycles. The topological polar surface area (TPSA) is 138 Å². The van der Waals surface area contributed by atoms with Gasteiger partial charge in [-0.15, -0.1) is 0 Å². The summed E-state index contributed by atoms with van der Waals surface area (Å²) in [7, 11) is -7.60. The summed E-state index contributed by atoms with van der Waals surface area (Å²) in [5, 5.41) is 0. The molecule has 7 unspecified atom stereocenters. The second-order valence-electron chi connectivity index (χ2n) is 5.43. The van der Waals surface area contributed by atoms with Crippen LogP contribution in [0.2, 0.25) is 0 Å². The van der Waals surface area contributed by atoms with Crippen molar-refractivity contribution in [1.29, 1.82) is 0 Å². The quantitative estimate of drug-likeness (QED) is 0.475. The van der Waals surface area contributed by atoms with E-state index in [-0.39, 0.29) is 26.1 Å². The van der Waals surface area contributed by atoms with Gasteiger partial charge in [0.15, 0.2) is 0 Å². The summed E-state index contributed by atoms with van der Waals surface area (Å²) in [6, 6.07) is -0.527. The highest BCUT2D eigenvalue weighted by atomic mass is 31.3. The first-order valence-corrected chi connectivity index (χ1v) is 12.2. The molecular weight excluding hydrogens is 384 g/mol. The monoisotopic (exact) mass is 406 g/mol. The molecule has 0 aromatic rings. The molecule has 0 spiro atoms. The molecule has 14 heteroatoms. The van der Waals surface area contributed by atoms with Gasteiger partial charge in [0.2, 0.25) is 0 Å². The van der Waals surface area contributed by atoms with Crippen molar-refractivity contribution in [2.45, 2.75) is 32.1 Å². The van der Waals surface area contributed by atoms with Gasteiger partial charge in [-0.2, -0.15) is 0 Å². The highest BCUT2D eigenvalue weighted by Crippen LogP contribution is 2.66. The van der Waals surface area contributed by atoms with Gasteiger partial charge in [-0.3, -0.25) is 9.13 Å². The molecule has 7 atom stereocenters. The van der Waals surface area contributed by atoms with Gasteiger partial charge in [0.25, 0.3) is 0 Å². The molecule has 2 rings (SSSR count). The molecule has 2 N–H and O–H groups in total. The largest absolute Gasteiger partial charge is 0.486 e. The van der Waals surface area contributed by atoms with Gasteiger partial charge >= 0.3 is 23.0 Å². The van der Waals surface area contributed by atoms with Gasteiger partial charge in [0.1, 0.15) is 14.0 Å². The molecule has 140 valence electrons. The Kier molecular flexibility index (Phi) is 7.51. The van der Waals surface area contributed by atoms with Gasteiger partial charge in [-0.05, 0) is 6.42 Å². The zero-order chi connectivity index (χ0) is 17.5. The molecule has 0 saturated carbocycles. The maximum Gasteiger partial charge on any atom is 0.486 e. The van der Waals surface area contributed by atoms with E-state index in [0.717, 1.165) is 13.1 Å². The number of ether oxygens (including phenoxy) is 2. The Bertz CT molecular complexity index is 579. The van der Waals surface area contributed by atoms with Gasteiger partial charge < -0.3 is 23.8 Å². The SMILES string of the molecule is C.[B]C1OC(COP(C)(=O)OP(=O)(O)OP(C)(=O)O)C2OCCC12. The minimum Gasteiger partial charge on any atom is -0.379 e. The molecule has 2 radical (unpaired) electrons. The van der Waals surface area contributed by atoms with Gasteiger partial charge in [0.05, 0.1) is 12.7 Å². The second kappa shape index (κ2) is 8.01. The van der Waals surface area contributed by atoms with Crippen molar-refractivity contribution in [3.63, 3.8) is 0 Å². The molecule has 0 bridgehead atoms. The van der Waals surface area contributed by atoms with Crippen LogP contribution < -0.4 is 0 Å². The normalized spacial score (nSPS) is 36.8. The molecule has 2 aliphatic heterocycles. The summed E-state index contributed by atoms with van der Waals surface area (Å²) in [5.41, 5.74) is 0. The Morgan fingerprint density at radius 1 is 1.21 bits per heavy atom. The van der Waals surface area contributed by atoms with Crippen LogP contribution in [0, 0.1) is 5.92 Å². The molecule has 2 saturated heterocycles. The van der Waals surface area contributed by atoms with E-state index in [0.29, 0.717) is 13.3 Å². The number of hydrogen-bond donors (Lipinski definition) is 2. The van der Waals surface area contributed by atoms with Crippen LogP contribution in [-0.4, -0.2) is 62.4 Å². The summed E-state index contributed by atoms with van der Waals surface area (Å²) in [6.07, 6.45) is -0.163. The number of rotatable bonds is 7. The first kappa shape index (κ1) is 22.5. The smallest absolute Gasteiger partial charge is 0.379 e. The minimum atomic E-state index is -5.03. The standard InChI is InChI=1S/C9H18BO10P3.CH4/c1-21(11,12)19-23(14,15)20-22(2,13)17-5-7-8-6(3-4-16-8)9(10)18-7;/h6-9H,3-5H2,1-2H3,(H,11,12)(H,14,15);1H4. The fourth-order valence-corrected chi connectivity index (χ4v) is 6.53. The van der Waals surface area contributed by atoms with Crippen molar-refractivity contribution in [2.24, 2.45) is 5.92 Å². The summed E-state index contributed by atoms with van der Waals surface area (Å²) >= 11 is 0. The highest BCUT2D eigenvalue weighted by molar-refractivity contribution is 7.69. The van der Waals surface area contributed by atoms with Gasteiger partial charge in [-0.25, -0.2) is 13.2 Å². The lowest BCUT2D eigenvalue weighted by Crippen LogP contribution is -2.28. The van der Waals surface area contributed by atoms with Gasteiger partial charge in [-0.1, -0.05) is 7.43 Å². The number of hydrogen-bond acceptors (Lipinski definition) is 8. The minimum absolute atomic E-state index is 0. The van der Waals surface area contributed by atoms with Crippen molar-refractivity contribution in [1.82, 2.24) is 0 Å². The molecule has 10 nitrogen and oxygen atoms in total. The first-order valence-electron chi connectivity index (χ1n) is 6.69. The Balaban J connectivity index is 0.00000288. The lowest BCUT2D eigenvalue weighted by atomic mass is 9.84. The second-order valence-corrected chi connectivity index (χ2v) is 11.1. The van der Waals surface area contributed by atoms with E-state index >= 15 is 0 Å². The van der Waals surface area contributed by atoms with Crippen LogP contribution in [0.3, 0.4) is 0 Å². The van der Waals surface area contributed by atoms with Crippen LogP contribution in [0.15, 0.2) is 0 Å². The highest BCUT2D eigenvalue weighted by Gasteiger charge is 2.47. The lowest BCUT2D eigenvalue weighted by molar-refractivity contribution is -0.0234. The van der Waals surface area contributed by atoms with Crippen LogP contribution in [0.5, 0.6) is 0 Å². The van der Waals surface area contributed by atoms with Crippen molar-refractivity contribution < 1.29 is 46.1 Å². The van der Waals surface area contributed by atoms with Crippen molar-refractivity contribution in [3.05, 3.63) is 0 Å². The Morgan fingerprint density at radius 3 is 2.42 bits per heavy atom. The maximum atomic E-state index is 12.1. The first-order chi connectivity index (χ1) is 10.4. The van der Waals surface area contributed by atoms with E-state index in [4.69, 9.17) is 26.7 Å². The Morgan fingerprint density at radius 2 is 1.83 bits per heavy atom. The predicted octanol–water partition coefficient (Wildman–Crippen LogP) is 1.71. The Hall–Kier alpha value is 0.475. The summed E-state index contributed by atoms with van der Waals surface area (Å²) in [4.78, 5) is 18.2. The average molecular weight is 406 g/mol. The van der Waals surface area contributed by atoms with Crippen LogP contribution in [0.25, 0.3) is 0 Å². The summed E-state index contributed by atoms with van der Waals surface area (Å²) in [5.74, 6) is 0.00777. The third kappa shape index (κ3) is 6.33. The Labute approximate surface area is 142 Å². The van der Waals surface area contributed by atoms with Crippen LogP contribution in [-0.2, 0) is 36.3 Å². The zero-order valence-electron chi connectivity index (χ0n) is 12.5. The third-order valence-electron chi connectivity index (χ3n) is 3.28. The molecule has 0 aromatic heterocycles. The molecule has 2 aliphatic rings. The fourth-order valence-electron chi connectivity index (χ4n) is 2.50. The van der Waals surface area contributed by atoms with Crippen molar-refractivity contribution >= 4 is 30.9 Å². The molecule has 0 aliphatic carbocycles. The fraction of sp³-hybridized carbons (Fsp3) is 1.00. The van der Waals surface area contributed by atoms with Gasteiger partial charge in [0, 0.05) is 31.9 Å². The van der Waals surface area contributed by atoms with E-state index < -0.39 is 35.1 Å². The molecule has 0 amide bonds. The van der Waals surface area contributed by atoms with E-state index in [9.17, 15) is 18.6 Å². The van der Waals surface area contributed by atoms with Crippen LogP contribution in [0.4, 0.5) is 0 Å². The summed E-state index contributed by atoms with van der Waals surface area (Å²) in [6.45, 7) is 1.90. The van der Waals surface area contributed by atoms with Crippen molar-refractivity contribution in [3.8, 4) is 0 Å². The zero-order valence-corrected chi connectivity index (χ0v) is 15.2. The van der Waals surface area contributed by atoms with E-state index in [2.05, 4.69) is 8.62 Å². The molecular formula is C10H22BO10P3. The molecule has 2 fully saturated rings. The maximum absolute atomic E-state index is 12.1. The molecule has 24 heavy (non-hydrogen) atoms. The number of fused-ring (bicyclic) bond motifs is 1. The molecule has 2 heterocycles. The number of phosphoric acid groups is 1. The van der Waals surface area contributed by atoms with Crippen molar-refractivity contribution in [2.75, 3.05) is 26.5 Å². The van der Waals surface area contributed by atoms with E-state index in [1.54, 1.807) is 0 Å². The lowest BCUT2D eigenvalue weighted by Gasteiger charge is -2.21. The predicted molar refractivity (Wildman–Crippen MR) is 86.2 cm³/mol. The van der Waals surface area contributed by atoms with Crippen LogP contribution >= 0.6 is 23.0 Å².